The molecule has 19 heavy (non-hydrogen) atoms. The van der Waals surface area contributed by atoms with Crippen LogP contribution in [0.3, 0.4) is 0 Å². The molecule has 0 amide bonds. The zero-order chi connectivity index (χ0) is 13.3. The molecule has 1 aliphatic heterocycles. The Balaban J connectivity index is 1.53. The van der Waals surface area contributed by atoms with Gasteiger partial charge in [0.25, 0.3) is 0 Å². The second-order valence-corrected chi connectivity index (χ2v) is 8.04. The predicted octanol–water partition coefficient (Wildman–Crippen LogP) is 3.42. The van der Waals surface area contributed by atoms with Crippen molar-refractivity contribution >= 4 is 0 Å². The van der Waals surface area contributed by atoms with Crippen LogP contribution in [0.1, 0.15) is 65.2 Å². The SMILES string of the molecule is CC(C)(CNC1CC1)CN1CCCC2CCCCC21. The highest BCUT2D eigenvalue weighted by Gasteiger charge is 2.36. The monoisotopic (exact) mass is 264 g/mol. The van der Waals surface area contributed by atoms with Crippen molar-refractivity contribution in [2.24, 2.45) is 11.3 Å². The fraction of sp³-hybridized carbons (Fsp3) is 1.00. The zero-order valence-corrected chi connectivity index (χ0v) is 13.0. The molecule has 2 aliphatic carbocycles. The van der Waals surface area contributed by atoms with Gasteiger partial charge in [0.05, 0.1) is 0 Å². The van der Waals surface area contributed by atoms with Gasteiger partial charge in [-0.15, -0.1) is 0 Å². The molecule has 0 aromatic rings. The molecule has 2 unspecified atom stereocenters. The molecule has 1 N–H and O–H groups in total. The van der Waals surface area contributed by atoms with Gasteiger partial charge in [0, 0.05) is 25.2 Å². The number of hydrogen-bond acceptors (Lipinski definition) is 2. The van der Waals surface area contributed by atoms with E-state index in [1.54, 1.807) is 0 Å². The van der Waals surface area contributed by atoms with E-state index in [-0.39, 0.29) is 0 Å². The van der Waals surface area contributed by atoms with Gasteiger partial charge in [0.1, 0.15) is 0 Å². The van der Waals surface area contributed by atoms with Crippen molar-refractivity contribution in [1.82, 2.24) is 10.2 Å². The first-order valence-corrected chi connectivity index (χ1v) is 8.61. The van der Waals surface area contributed by atoms with Crippen LogP contribution in [-0.4, -0.2) is 36.6 Å². The lowest BCUT2D eigenvalue weighted by atomic mass is 9.77. The second-order valence-electron chi connectivity index (χ2n) is 8.04. The molecule has 0 bridgehead atoms. The van der Waals surface area contributed by atoms with Gasteiger partial charge in [-0.2, -0.15) is 0 Å². The van der Waals surface area contributed by atoms with Gasteiger partial charge in [-0.25, -0.2) is 0 Å². The van der Waals surface area contributed by atoms with Gasteiger partial charge in [-0.1, -0.05) is 26.7 Å². The Bertz CT molecular complexity index is 294. The molecule has 0 radical (unpaired) electrons. The summed E-state index contributed by atoms with van der Waals surface area (Å²) in [5.74, 6) is 1.02. The maximum atomic E-state index is 3.73. The summed E-state index contributed by atoms with van der Waals surface area (Å²) in [7, 11) is 0. The fourth-order valence-electron chi connectivity index (χ4n) is 4.24. The lowest BCUT2D eigenvalue weighted by Gasteiger charge is -2.47. The predicted molar refractivity (Wildman–Crippen MR) is 81.4 cm³/mol. The molecular weight excluding hydrogens is 232 g/mol. The van der Waals surface area contributed by atoms with Crippen molar-refractivity contribution in [3.05, 3.63) is 0 Å². The van der Waals surface area contributed by atoms with Gasteiger partial charge >= 0.3 is 0 Å². The van der Waals surface area contributed by atoms with Crippen LogP contribution in [0, 0.1) is 11.3 Å². The van der Waals surface area contributed by atoms with E-state index in [1.165, 1.54) is 71.0 Å². The number of nitrogens with zero attached hydrogens (tertiary/aromatic N) is 1. The van der Waals surface area contributed by atoms with Gasteiger partial charge in [0.2, 0.25) is 0 Å². The second kappa shape index (κ2) is 5.73. The topological polar surface area (TPSA) is 15.3 Å². The lowest BCUT2D eigenvalue weighted by molar-refractivity contribution is 0.0320. The normalized spacial score (nSPS) is 33.2. The summed E-state index contributed by atoms with van der Waals surface area (Å²) >= 11 is 0. The van der Waals surface area contributed by atoms with E-state index in [4.69, 9.17) is 0 Å². The molecule has 0 aromatic heterocycles. The van der Waals surface area contributed by atoms with Gasteiger partial charge < -0.3 is 5.32 Å². The van der Waals surface area contributed by atoms with Crippen molar-refractivity contribution in [1.29, 1.82) is 0 Å². The molecule has 3 fully saturated rings. The Kier molecular flexibility index (Phi) is 4.19. The average molecular weight is 264 g/mol. The smallest absolute Gasteiger partial charge is 0.0124 e. The summed E-state index contributed by atoms with van der Waals surface area (Å²) in [6.07, 6.45) is 11.7. The third-order valence-electron chi connectivity index (χ3n) is 5.44. The molecule has 1 saturated heterocycles. The molecule has 1 heterocycles. The van der Waals surface area contributed by atoms with Crippen LogP contribution in [0.5, 0.6) is 0 Å². The van der Waals surface area contributed by atoms with Crippen LogP contribution in [0.15, 0.2) is 0 Å². The standard InChI is InChI=1S/C17H32N2/c1-17(2,12-18-15-9-10-15)13-19-11-5-7-14-6-3-4-8-16(14)19/h14-16,18H,3-13H2,1-2H3. The Morgan fingerprint density at radius 1 is 1.00 bits per heavy atom. The van der Waals surface area contributed by atoms with Crippen molar-refractivity contribution in [3.63, 3.8) is 0 Å². The van der Waals surface area contributed by atoms with Crippen LogP contribution in [-0.2, 0) is 0 Å². The summed E-state index contributed by atoms with van der Waals surface area (Å²) in [5, 5.41) is 3.73. The molecule has 2 atom stereocenters. The first-order valence-electron chi connectivity index (χ1n) is 8.61. The fourth-order valence-corrected chi connectivity index (χ4v) is 4.24. The van der Waals surface area contributed by atoms with Crippen molar-refractivity contribution in [2.75, 3.05) is 19.6 Å². The quantitative estimate of drug-likeness (QED) is 0.818. The molecule has 2 saturated carbocycles. The molecule has 2 nitrogen and oxygen atoms in total. The first-order chi connectivity index (χ1) is 9.14. The first kappa shape index (κ1) is 13.9. The molecule has 0 aromatic carbocycles. The summed E-state index contributed by atoms with van der Waals surface area (Å²) in [5.41, 5.74) is 0.432. The van der Waals surface area contributed by atoms with Crippen LogP contribution in [0.2, 0.25) is 0 Å². The Hall–Kier alpha value is -0.0800. The molecule has 2 heteroatoms. The highest BCUT2D eigenvalue weighted by Crippen LogP contribution is 2.36. The van der Waals surface area contributed by atoms with E-state index in [0.717, 1.165) is 18.0 Å². The highest BCUT2D eigenvalue weighted by atomic mass is 15.2. The van der Waals surface area contributed by atoms with E-state index >= 15 is 0 Å². The van der Waals surface area contributed by atoms with Crippen molar-refractivity contribution in [3.8, 4) is 0 Å². The van der Waals surface area contributed by atoms with Gasteiger partial charge in [-0.05, 0) is 56.4 Å². The van der Waals surface area contributed by atoms with E-state index in [1.807, 2.05) is 0 Å². The summed E-state index contributed by atoms with van der Waals surface area (Å²) in [6, 6.07) is 1.77. The minimum atomic E-state index is 0.432. The van der Waals surface area contributed by atoms with E-state index < -0.39 is 0 Å². The van der Waals surface area contributed by atoms with Crippen LogP contribution in [0.25, 0.3) is 0 Å². The minimum Gasteiger partial charge on any atom is -0.313 e. The summed E-state index contributed by atoms with van der Waals surface area (Å²) in [6.45, 7) is 8.76. The summed E-state index contributed by atoms with van der Waals surface area (Å²) < 4.78 is 0. The summed E-state index contributed by atoms with van der Waals surface area (Å²) in [4.78, 5) is 2.85. The largest absolute Gasteiger partial charge is 0.313 e. The maximum Gasteiger partial charge on any atom is 0.0124 e. The van der Waals surface area contributed by atoms with E-state index in [0.29, 0.717) is 5.41 Å². The number of hydrogen-bond donors (Lipinski definition) is 1. The third kappa shape index (κ3) is 3.72. The number of piperidine rings is 1. The van der Waals surface area contributed by atoms with Crippen LogP contribution in [0.4, 0.5) is 0 Å². The van der Waals surface area contributed by atoms with Crippen LogP contribution >= 0.6 is 0 Å². The van der Waals surface area contributed by atoms with Gasteiger partial charge in [0.15, 0.2) is 0 Å². The molecular formula is C17H32N2. The number of nitrogens with one attached hydrogen (secondary N) is 1. The van der Waals surface area contributed by atoms with E-state index in [2.05, 4.69) is 24.1 Å². The Labute approximate surface area is 119 Å². The third-order valence-corrected chi connectivity index (χ3v) is 5.44. The van der Waals surface area contributed by atoms with E-state index in [9.17, 15) is 0 Å². The highest BCUT2D eigenvalue weighted by molar-refractivity contribution is 4.91. The number of likely N-dealkylation sites (tertiary alicyclic amines) is 1. The Morgan fingerprint density at radius 3 is 2.53 bits per heavy atom. The lowest BCUT2D eigenvalue weighted by Crippen LogP contribution is -2.51. The number of fused-ring (bicyclic) bond motifs is 1. The molecule has 3 rings (SSSR count). The maximum absolute atomic E-state index is 3.73. The number of rotatable bonds is 5. The van der Waals surface area contributed by atoms with Crippen molar-refractivity contribution < 1.29 is 0 Å². The molecule has 0 spiro atoms. The van der Waals surface area contributed by atoms with Crippen LogP contribution < -0.4 is 5.32 Å². The Morgan fingerprint density at radius 2 is 1.74 bits per heavy atom. The molecule has 3 aliphatic rings. The average Bonchev–Trinajstić information content (AvgIpc) is 3.21. The van der Waals surface area contributed by atoms with Crippen molar-refractivity contribution in [2.45, 2.75) is 77.3 Å². The van der Waals surface area contributed by atoms with Gasteiger partial charge in [-0.3, -0.25) is 4.90 Å². The molecule has 110 valence electrons. The zero-order valence-electron chi connectivity index (χ0n) is 13.0. The minimum absolute atomic E-state index is 0.432.